The SMILES string of the molecule is CC(C)c1cnc(Cl)c(C#N)c1-c1ccccc1F. The molecule has 0 atom stereocenters. The zero-order valence-corrected chi connectivity index (χ0v) is 11.4. The Morgan fingerprint density at radius 1 is 1.32 bits per heavy atom. The Labute approximate surface area is 116 Å². The van der Waals surface area contributed by atoms with Crippen LogP contribution in [0.5, 0.6) is 0 Å². The number of rotatable bonds is 2. The van der Waals surface area contributed by atoms with E-state index in [1.54, 1.807) is 24.4 Å². The van der Waals surface area contributed by atoms with Crippen molar-refractivity contribution in [2.75, 3.05) is 0 Å². The molecule has 0 radical (unpaired) electrons. The van der Waals surface area contributed by atoms with Crippen LogP contribution in [0.2, 0.25) is 5.15 Å². The topological polar surface area (TPSA) is 36.7 Å². The number of hydrogen-bond acceptors (Lipinski definition) is 2. The molecule has 2 nitrogen and oxygen atoms in total. The maximum absolute atomic E-state index is 14.0. The molecule has 0 bridgehead atoms. The molecule has 0 aliphatic carbocycles. The number of hydrogen-bond donors (Lipinski definition) is 0. The van der Waals surface area contributed by atoms with Crippen LogP contribution in [0.15, 0.2) is 30.5 Å². The van der Waals surface area contributed by atoms with Crippen LogP contribution in [0.3, 0.4) is 0 Å². The molecule has 0 saturated heterocycles. The van der Waals surface area contributed by atoms with Gasteiger partial charge in [-0.3, -0.25) is 0 Å². The fourth-order valence-corrected chi connectivity index (χ4v) is 2.18. The predicted molar refractivity (Wildman–Crippen MR) is 73.4 cm³/mol. The molecular weight excluding hydrogens is 263 g/mol. The molecule has 1 heterocycles. The van der Waals surface area contributed by atoms with Crippen LogP contribution in [-0.2, 0) is 0 Å². The quantitative estimate of drug-likeness (QED) is 0.754. The van der Waals surface area contributed by atoms with E-state index in [0.29, 0.717) is 11.1 Å². The van der Waals surface area contributed by atoms with Crippen molar-refractivity contribution in [1.29, 1.82) is 5.26 Å². The Kier molecular flexibility index (Phi) is 3.82. The molecule has 1 aromatic heterocycles. The fourth-order valence-electron chi connectivity index (χ4n) is 2.00. The molecule has 2 aromatic rings. The number of nitriles is 1. The molecule has 0 amide bonds. The van der Waals surface area contributed by atoms with Crippen molar-refractivity contribution >= 4 is 11.6 Å². The first-order valence-electron chi connectivity index (χ1n) is 5.89. The van der Waals surface area contributed by atoms with Gasteiger partial charge in [0.2, 0.25) is 0 Å². The van der Waals surface area contributed by atoms with Crippen LogP contribution in [-0.4, -0.2) is 4.98 Å². The summed E-state index contributed by atoms with van der Waals surface area (Å²) in [5, 5.41) is 9.36. The van der Waals surface area contributed by atoms with Gasteiger partial charge in [0.15, 0.2) is 0 Å². The van der Waals surface area contributed by atoms with E-state index in [0.717, 1.165) is 5.56 Å². The summed E-state index contributed by atoms with van der Waals surface area (Å²) in [4.78, 5) is 4.01. The minimum Gasteiger partial charge on any atom is -0.243 e. The number of halogens is 2. The van der Waals surface area contributed by atoms with E-state index in [4.69, 9.17) is 11.6 Å². The van der Waals surface area contributed by atoms with Crippen molar-refractivity contribution in [3.8, 4) is 17.2 Å². The molecule has 0 saturated carbocycles. The van der Waals surface area contributed by atoms with Gasteiger partial charge >= 0.3 is 0 Å². The third-order valence-electron chi connectivity index (χ3n) is 2.94. The van der Waals surface area contributed by atoms with E-state index >= 15 is 0 Å². The largest absolute Gasteiger partial charge is 0.243 e. The van der Waals surface area contributed by atoms with Gasteiger partial charge in [0.05, 0.1) is 5.56 Å². The van der Waals surface area contributed by atoms with Gasteiger partial charge in [0.25, 0.3) is 0 Å². The highest BCUT2D eigenvalue weighted by Gasteiger charge is 2.19. The van der Waals surface area contributed by atoms with Crippen molar-refractivity contribution in [2.24, 2.45) is 0 Å². The molecular formula is C15H12ClFN2. The first kappa shape index (κ1) is 13.5. The summed E-state index contributed by atoms with van der Waals surface area (Å²) < 4.78 is 14.0. The number of aromatic nitrogens is 1. The average Bonchev–Trinajstić information content (AvgIpc) is 2.38. The minimum atomic E-state index is -0.372. The standard InChI is InChI=1S/C15H12ClFN2/c1-9(2)12-8-19-15(16)11(7-18)14(12)10-5-3-4-6-13(10)17/h3-6,8-9H,1-2H3. The summed E-state index contributed by atoms with van der Waals surface area (Å²) in [5.74, 6) is -0.255. The third-order valence-corrected chi connectivity index (χ3v) is 3.23. The molecule has 0 N–H and O–H groups in total. The zero-order chi connectivity index (χ0) is 14.0. The molecule has 0 unspecified atom stereocenters. The molecule has 0 fully saturated rings. The molecule has 2 rings (SSSR count). The summed E-state index contributed by atoms with van der Waals surface area (Å²) in [7, 11) is 0. The Morgan fingerprint density at radius 3 is 2.58 bits per heavy atom. The minimum absolute atomic E-state index is 0.102. The van der Waals surface area contributed by atoms with E-state index in [9.17, 15) is 9.65 Å². The first-order chi connectivity index (χ1) is 9.06. The second kappa shape index (κ2) is 5.38. The number of nitrogens with zero attached hydrogens (tertiary/aromatic N) is 2. The Morgan fingerprint density at radius 2 is 2.00 bits per heavy atom. The van der Waals surface area contributed by atoms with E-state index in [2.05, 4.69) is 4.98 Å². The van der Waals surface area contributed by atoms with Gasteiger partial charge in [-0.2, -0.15) is 5.26 Å². The van der Waals surface area contributed by atoms with Gasteiger partial charge in [0.1, 0.15) is 17.0 Å². The van der Waals surface area contributed by atoms with Gasteiger partial charge < -0.3 is 0 Å². The van der Waals surface area contributed by atoms with E-state index in [1.807, 2.05) is 19.9 Å². The lowest BCUT2D eigenvalue weighted by Crippen LogP contribution is -2.00. The highest BCUT2D eigenvalue weighted by molar-refractivity contribution is 6.31. The molecule has 0 spiro atoms. The maximum atomic E-state index is 14.0. The van der Waals surface area contributed by atoms with Crippen molar-refractivity contribution in [1.82, 2.24) is 4.98 Å². The lowest BCUT2D eigenvalue weighted by Gasteiger charge is -2.15. The summed E-state index contributed by atoms with van der Waals surface area (Å²) in [6, 6.07) is 8.39. The molecule has 0 aliphatic heterocycles. The Hall–Kier alpha value is -1.92. The van der Waals surface area contributed by atoms with Gasteiger partial charge in [-0.15, -0.1) is 0 Å². The summed E-state index contributed by atoms with van der Waals surface area (Å²) in [6.45, 7) is 3.94. The zero-order valence-electron chi connectivity index (χ0n) is 10.6. The fraction of sp³-hybridized carbons (Fsp3) is 0.200. The number of pyridine rings is 1. The molecule has 96 valence electrons. The smallest absolute Gasteiger partial charge is 0.147 e. The third kappa shape index (κ3) is 2.45. The van der Waals surface area contributed by atoms with E-state index < -0.39 is 0 Å². The van der Waals surface area contributed by atoms with Crippen LogP contribution in [0.4, 0.5) is 4.39 Å². The molecule has 0 aliphatic rings. The molecule has 19 heavy (non-hydrogen) atoms. The lowest BCUT2D eigenvalue weighted by molar-refractivity contribution is 0.631. The van der Waals surface area contributed by atoms with E-state index in [-0.39, 0.29) is 22.5 Å². The van der Waals surface area contributed by atoms with Gasteiger partial charge in [-0.05, 0) is 17.5 Å². The van der Waals surface area contributed by atoms with Crippen molar-refractivity contribution in [3.63, 3.8) is 0 Å². The lowest BCUT2D eigenvalue weighted by atomic mass is 9.91. The Balaban J connectivity index is 2.84. The van der Waals surface area contributed by atoms with Crippen LogP contribution >= 0.6 is 11.6 Å². The second-order valence-corrected chi connectivity index (χ2v) is 4.86. The monoisotopic (exact) mass is 274 g/mol. The summed E-state index contributed by atoms with van der Waals surface area (Å²) in [6.07, 6.45) is 1.61. The van der Waals surface area contributed by atoms with Crippen molar-refractivity contribution in [3.05, 3.63) is 52.6 Å². The predicted octanol–water partition coefficient (Wildman–Crippen LogP) is 4.54. The van der Waals surface area contributed by atoms with Crippen LogP contribution in [0.1, 0.15) is 30.9 Å². The molecule has 1 aromatic carbocycles. The van der Waals surface area contributed by atoms with Gasteiger partial charge in [-0.25, -0.2) is 9.37 Å². The van der Waals surface area contributed by atoms with Gasteiger partial charge in [-0.1, -0.05) is 43.6 Å². The van der Waals surface area contributed by atoms with Crippen molar-refractivity contribution in [2.45, 2.75) is 19.8 Å². The normalized spacial score (nSPS) is 10.5. The number of benzene rings is 1. The first-order valence-corrected chi connectivity index (χ1v) is 6.27. The second-order valence-electron chi connectivity index (χ2n) is 4.50. The maximum Gasteiger partial charge on any atom is 0.147 e. The van der Waals surface area contributed by atoms with E-state index in [1.165, 1.54) is 6.07 Å². The summed E-state index contributed by atoms with van der Waals surface area (Å²) in [5.41, 5.74) is 1.95. The van der Waals surface area contributed by atoms with Gasteiger partial charge in [0, 0.05) is 17.3 Å². The summed E-state index contributed by atoms with van der Waals surface area (Å²) >= 11 is 5.95. The average molecular weight is 275 g/mol. The van der Waals surface area contributed by atoms with Crippen LogP contribution in [0, 0.1) is 17.1 Å². The van der Waals surface area contributed by atoms with Crippen LogP contribution < -0.4 is 0 Å². The van der Waals surface area contributed by atoms with Crippen molar-refractivity contribution < 1.29 is 4.39 Å². The highest BCUT2D eigenvalue weighted by atomic mass is 35.5. The highest BCUT2D eigenvalue weighted by Crippen LogP contribution is 2.35. The van der Waals surface area contributed by atoms with Crippen LogP contribution in [0.25, 0.3) is 11.1 Å². The molecule has 4 heteroatoms. The Bertz CT molecular complexity index is 660.